The van der Waals surface area contributed by atoms with E-state index in [1.54, 1.807) is 0 Å². The fraction of sp³-hybridized carbons (Fsp3) is 0.417. The molecule has 1 atom stereocenters. The fourth-order valence-corrected chi connectivity index (χ4v) is 1.47. The van der Waals surface area contributed by atoms with Gasteiger partial charge in [0, 0.05) is 19.0 Å². The van der Waals surface area contributed by atoms with Crippen molar-refractivity contribution in [3.8, 4) is 0 Å². The summed E-state index contributed by atoms with van der Waals surface area (Å²) in [5.74, 6) is -0.248. The number of hydrogen-bond acceptors (Lipinski definition) is 2. The van der Waals surface area contributed by atoms with Crippen LogP contribution in [0, 0.1) is 0 Å². The van der Waals surface area contributed by atoms with E-state index in [4.69, 9.17) is 5.73 Å². The Morgan fingerprint density at radius 3 is 2.53 bits per heavy atom. The summed E-state index contributed by atoms with van der Waals surface area (Å²) in [5, 5.41) is 0. The first kappa shape index (κ1) is 11.7. The maximum atomic E-state index is 10.8. The zero-order valence-electron chi connectivity index (χ0n) is 9.31. The minimum absolute atomic E-state index is 0.183. The second kappa shape index (κ2) is 5.51. The Kier molecular flexibility index (Phi) is 4.31. The van der Waals surface area contributed by atoms with E-state index in [0.717, 1.165) is 6.54 Å². The Morgan fingerprint density at radius 1 is 1.40 bits per heavy atom. The van der Waals surface area contributed by atoms with E-state index in [9.17, 15) is 4.79 Å². The van der Waals surface area contributed by atoms with E-state index in [2.05, 4.69) is 17.0 Å². The van der Waals surface area contributed by atoms with Gasteiger partial charge in [-0.05, 0) is 19.5 Å². The summed E-state index contributed by atoms with van der Waals surface area (Å²) in [6, 6.07) is 10.4. The minimum atomic E-state index is -0.248. The van der Waals surface area contributed by atoms with Crippen molar-refractivity contribution in [2.45, 2.75) is 25.9 Å². The van der Waals surface area contributed by atoms with E-state index < -0.39 is 0 Å². The highest BCUT2D eigenvalue weighted by Crippen LogP contribution is 2.07. The molecule has 3 heteroatoms. The third-order valence-electron chi connectivity index (χ3n) is 2.52. The molecular formula is C12H18N2O. The normalized spacial score (nSPS) is 12.7. The van der Waals surface area contributed by atoms with Crippen molar-refractivity contribution in [2.24, 2.45) is 5.73 Å². The van der Waals surface area contributed by atoms with E-state index in [1.165, 1.54) is 5.56 Å². The van der Waals surface area contributed by atoms with Crippen LogP contribution in [0.2, 0.25) is 0 Å². The highest BCUT2D eigenvalue weighted by atomic mass is 16.1. The molecule has 15 heavy (non-hydrogen) atoms. The Morgan fingerprint density at radius 2 is 2.00 bits per heavy atom. The number of primary amides is 1. The molecule has 0 heterocycles. The SMILES string of the molecule is CC(CC(N)=O)N(C)Cc1ccccc1. The lowest BCUT2D eigenvalue weighted by atomic mass is 10.1. The van der Waals surface area contributed by atoms with Crippen molar-refractivity contribution in [3.63, 3.8) is 0 Å². The third kappa shape index (κ3) is 4.13. The Hall–Kier alpha value is -1.35. The number of nitrogens with zero attached hydrogens (tertiary/aromatic N) is 1. The number of rotatable bonds is 5. The first-order valence-corrected chi connectivity index (χ1v) is 5.12. The van der Waals surface area contributed by atoms with Crippen molar-refractivity contribution in [1.29, 1.82) is 0 Å². The number of carbonyl (C=O) groups excluding carboxylic acids is 1. The van der Waals surface area contributed by atoms with Crippen LogP contribution in [0.25, 0.3) is 0 Å². The number of amides is 1. The molecule has 0 fully saturated rings. The standard InChI is InChI=1S/C12H18N2O/c1-10(8-12(13)15)14(2)9-11-6-4-3-5-7-11/h3-7,10H,8-9H2,1-2H3,(H2,13,15). The first-order chi connectivity index (χ1) is 7.09. The molecule has 0 bridgehead atoms. The van der Waals surface area contributed by atoms with Crippen molar-refractivity contribution < 1.29 is 4.79 Å². The zero-order chi connectivity index (χ0) is 11.3. The number of benzene rings is 1. The molecule has 1 aromatic rings. The lowest BCUT2D eigenvalue weighted by Gasteiger charge is -2.23. The van der Waals surface area contributed by atoms with Gasteiger partial charge in [-0.3, -0.25) is 9.69 Å². The predicted molar refractivity (Wildman–Crippen MR) is 61.2 cm³/mol. The molecule has 1 aromatic carbocycles. The van der Waals surface area contributed by atoms with Crippen LogP contribution in [0.5, 0.6) is 0 Å². The summed E-state index contributed by atoms with van der Waals surface area (Å²) >= 11 is 0. The molecule has 3 nitrogen and oxygen atoms in total. The van der Waals surface area contributed by atoms with Gasteiger partial charge < -0.3 is 5.73 Å². The smallest absolute Gasteiger partial charge is 0.218 e. The monoisotopic (exact) mass is 206 g/mol. The molecule has 0 saturated heterocycles. The van der Waals surface area contributed by atoms with Gasteiger partial charge in [0.2, 0.25) is 5.91 Å². The van der Waals surface area contributed by atoms with Crippen molar-refractivity contribution in [1.82, 2.24) is 4.90 Å². The Bertz CT molecular complexity index is 311. The molecule has 2 N–H and O–H groups in total. The van der Waals surface area contributed by atoms with Gasteiger partial charge in [-0.1, -0.05) is 30.3 Å². The topological polar surface area (TPSA) is 46.3 Å². The summed E-state index contributed by atoms with van der Waals surface area (Å²) in [5.41, 5.74) is 6.41. The van der Waals surface area contributed by atoms with Gasteiger partial charge in [-0.25, -0.2) is 0 Å². The largest absolute Gasteiger partial charge is 0.370 e. The minimum Gasteiger partial charge on any atom is -0.370 e. The maximum Gasteiger partial charge on any atom is 0.218 e. The van der Waals surface area contributed by atoms with Gasteiger partial charge in [0.25, 0.3) is 0 Å². The van der Waals surface area contributed by atoms with Gasteiger partial charge in [0.05, 0.1) is 0 Å². The average molecular weight is 206 g/mol. The van der Waals surface area contributed by atoms with E-state index >= 15 is 0 Å². The van der Waals surface area contributed by atoms with E-state index in [1.807, 2.05) is 32.2 Å². The highest BCUT2D eigenvalue weighted by Gasteiger charge is 2.11. The van der Waals surface area contributed by atoms with E-state index in [-0.39, 0.29) is 11.9 Å². The maximum absolute atomic E-state index is 10.8. The molecule has 1 unspecified atom stereocenters. The van der Waals surface area contributed by atoms with Gasteiger partial charge >= 0.3 is 0 Å². The number of carbonyl (C=O) groups is 1. The van der Waals surface area contributed by atoms with Crippen molar-refractivity contribution >= 4 is 5.91 Å². The van der Waals surface area contributed by atoms with E-state index in [0.29, 0.717) is 6.42 Å². The fourth-order valence-electron chi connectivity index (χ4n) is 1.47. The lowest BCUT2D eigenvalue weighted by Crippen LogP contribution is -2.32. The Labute approximate surface area is 90.9 Å². The molecule has 0 aliphatic rings. The molecule has 0 aromatic heterocycles. The van der Waals surface area contributed by atoms with Crippen molar-refractivity contribution in [3.05, 3.63) is 35.9 Å². The van der Waals surface area contributed by atoms with Crippen LogP contribution in [0.3, 0.4) is 0 Å². The first-order valence-electron chi connectivity index (χ1n) is 5.12. The van der Waals surface area contributed by atoms with Gasteiger partial charge in [-0.15, -0.1) is 0 Å². The summed E-state index contributed by atoms with van der Waals surface area (Å²) < 4.78 is 0. The summed E-state index contributed by atoms with van der Waals surface area (Å²) in [7, 11) is 2.00. The molecule has 0 spiro atoms. The molecule has 0 radical (unpaired) electrons. The van der Waals surface area contributed by atoms with Crippen LogP contribution < -0.4 is 5.73 Å². The molecule has 0 saturated carbocycles. The quantitative estimate of drug-likeness (QED) is 0.791. The molecule has 1 rings (SSSR count). The summed E-state index contributed by atoms with van der Waals surface area (Å²) in [4.78, 5) is 12.9. The van der Waals surface area contributed by atoms with Crippen LogP contribution in [-0.2, 0) is 11.3 Å². The highest BCUT2D eigenvalue weighted by molar-refractivity contribution is 5.74. The van der Waals surface area contributed by atoms with Gasteiger partial charge in [-0.2, -0.15) is 0 Å². The molecule has 0 aliphatic carbocycles. The molecule has 1 amide bonds. The van der Waals surface area contributed by atoms with Crippen LogP contribution in [0.15, 0.2) is 30.3 Å². The lowest BCUT2D eigenvalue weighted by molar-refractivity contribution is -0.119. The molecular weight excluding hydrogens is 188 g/mol. The Balaban J connectivity index is 2.48. The molecule has 0 aliphatic heterocycles. The number of nitrogens with two attached hydrogens (primary N) is 1. The summed E-state index contributed by atoms with van der Waals surface area (Å²) in [6.45, 7) is 2.85. The molecule has 82 valence electrons. The summed E-state index contributed by atoms with van der Waals surface area (Å²) in [6.07, 6.45) is 0.406. The van der Waals surface area contributed by atoms with Crippen LogP contribution in [-0.4, -0.2) is 23.9 Å². The second-order valence-electron chi connectivity index (χ2n) is 3.92. The third-order valence-corrected chi connectivity index (χ3v) is 2.52. The van der Waals surface area contributed by atoms with Crippen LogP contribution >= 0.6 is 0 Å². The van der Waals surface area contributed by atoms with Gasteiger partial charge in [0.1, 0.15) is 0 Å². The van der Waals surface area contributed by atoms with Crippen LogP contribution in [0.4, 0.5) is 0 Å². The zero-order valence-corrected chi connectivity index (χ0v) is 9.31. The van der Waals surface area contributed by atoms with Crippen LogP contribution in [0.1, 0.15) is 18.9 Å². The average Bonchev–Trinajstić information content (AvgIpc) is 2.18. The van der Waals surface area contributed by atoms with Gasteiger partial charge in [0.15, 0.2) is 0 Å². The second-order valence-corrected chi connectivity index (χ2v) is 3.92. The number of hydrogen-bond donors (Lipinski definition) is 1. The predicted octanol–water partition coefficient (Wildman–Crippen LogP) is 1.38. The van der Waals surface area contributed by atoms with Crippen molar-refractivity contribution in [2.75, 3.05) is 7.05 Å².